The fourth-order valence-electron chi connectivity index (χ4n) is 4.10. The zero-order chi connectivity index (χ0) is 30.2. The van der Waals surface area contributed by atoms with Crippen LogP contribution in [0.15, 0.2) is 58.3 Å². The van der Waals surface area contributed by atoms with E-state index in [1.54, 1.807) is 0 Å². The molecule has 2 aliphatic heterocycles. The van der Waals surface area contributed by atoms with E-state index in [1.165, 1.54) is 24.3 Å². The summed E-state index contributed by atoms with van der Waals surface area (Å²) in [6, 6.07) is 9.35. The Morgan fingerprint density at radius 1 is 0.561 bits per heavy atom. The molecule has 2 aliphatic rings. The van der Waals surface area contributed by atoms with Crippen LogP contribution < -0.4 is 9.47 Å². The molecular weight excluding hydrogens is 576 g/mol. The Morgan fingerprint density at radius 2 is 0.878 bits per heavy atom. The second-order valence-corrected chi connectivity index (χ2v) is 11.1. The number of sulfone groups is 1. The molecule has 41 heavy (non-hydrogen) atoms. The van der Waals surface area contributed by atoms with E-state index < -0.39 is 83.2 Å². The molecule has 4 rings (SSSR count). The van der Waals surface area contributed by atoms with Crippen LogP contribution in [0, 0.1) is 0 Å². The highest BCUT2D eigenvalue weighted by molar-refractivity contribution is 7.91. The van der Waals surface area contributed by atoms with Crippen LogP contribution in [0.5, 0.6) is 11.5 Å². The Bertz CT molecular complexity index is 1250. The fourth-order valence-corrected chi connectivity index (χ4v) is 5.36. The van der Waals surface area contributed by atoms with Gasteiger partial charge in [-0.1, -0.05) is 0 Å². The van der Waals surface area contributed by atoms with Crippen LogP contribution in [0.4, 0.5) is 0 Å². The SMILES string of the molecule is O=C(O)[C@H]1O[C@@H](Oc2ccc(S(=O)(=O)c3ccc(O[C@@H]4O[C@H](C(=O)O)[C@@H](O)[C@H](O)[C@H]4O)cc3)cc2)[C@H](O)[C@@H](O)[C@@H]1O. The first-order valence-corrected chi connectivity index (χ1v) is 13.3. The molecule has 8 N–H and O–H groups in total. The molecule has 0 spiro atoms. The fraction of sp³-hybridized carbons (Fsp3) is 0.417. The van der Waals surface area contributed by atoms with Crippen molar-refractivity contribution >= 4 is 21.8 Å². The Labute approximate surface area is 231 Å². The highest BCUT2D eigenvalue weighted by Crippen LogP contribution is 2.29. The summed E-state index contributed by atoms with van der Waals surface area (Å²) in [4.78, 5) is 22.1. The maximum Gasteiger partial charge on any atom is 0.335 e. The topological polar surface area (TPSA) is 267 Å². The first-order chi connectivity index (χ1) is 19.2. The maximum atomic E-state index is 13.1. The highest BCUT2D eigenvalue weighted by Gasteiger charge is 2.49. The summed E-state index contributed by atoms with van der Waals surface area (Å²) < 4.78 is 46.9. The Balaban J connectivity index is 1.44. The predicted molar refractivity (Wildman–Crippen MR) is 128 cm³/mol. The number of carbonyl (C=O) groups is 2. The lowest BCUT2D eigenvalue weighted by Crippen LogP contribution is -2.61. The van der Waals surface area contributed by atoms with Crippen molar-refractivity contribution in [2.75, 3.05) is 0 Å². The lowest BCUT2D eigenvalue weighted by atomic mass is 9.99. The zero-order valence-electron chi connectivity index (χ0n) is 20.6. The molecule has 10 atom stereocenters. The van der Waals surface area contributed by atoms with Gasteiger partial charge in [-0.25, -0.2) is 18.0 Å². The van der Waals surface area contributed by atoms with E-state index in [-0.39, 0.29) is 21.3 Å². The summed E-state index contributed by atoms with van der Waals surface area (Å²) in [5, 5.41) is 77.7. The third kappa shape index (κ3) is 6.13. The molecule has 0 saturated carbocycles. The van der Waals surface area contributed by atoms with Crippen LogP contribution in [0.1, 0.15) is 0 Å². The average molecular weight is 603 g/mol. The van der Waals surface area contributed by atoms with Gasteiger partial charge in [0.2, 0.25) is 22.4 Å². The summed E-state index contributed by atoms with van der Waals surface area (Å²) in [6.45, 7) is 0. The number of aliphatic hydroxyl groups excluding tert-OH is 6. The molecule has 17 heteroatoms. The number of carboxylic acids is 2. The highest BCUT2D eigenvalue weighted by atomic mass is 32.2. The molecule has 2 fully saturated rings. The third-order valence-corrected chi connectivity index (χ3v) is 8.18. The molecule has 2 aromatic carbocycles. The van der Waals surface area contributed by atoms with Crippen molar-refractivity contribution in [1.29, 1.82) is 0 Å². The first kappa shape index (κ1) is 30.6. The Kier molecular flexibility index (Phi) is 8.83. The lowest BCUT2D eigenvalue weighted by molar-refractivity contribution is -0.271. The summed E-state index contributed by atoms with van der Waals surface area (Å²) in [7, 11) is -4.11. The van der Waals surface area contributed by atoms with Gasteiger partial charge in [0.1, 0.15) is 48.1 Å². The van der Waals surface area contributed by atoms with Crippen molar-refractivity contribution < 1.29 is 77.8 Å². The van der Waals surface area contributed by atoms with Crippen LogP contribution in [0.3, 0.4) is 0 Å². The van der Waals surface area contributed by atoms with E-state index in [4.69, 9.17) is 29.2 Å². The van der Waals surface area contributed by atoms with Gasteiger partial charge in [0.15, 0.2) is 12.2 Å². The smallest absolute Gasteiger partial charge is 0.335 e. The van der Waals surface area contributed by atoms with E-state index in [0.717, 1.165) is 24.3 Å². The van der Waals surface area contributed by atoms with Crippen molar-refractivity contribution in [2.24, 2.45) is 0 Å². The molecule has 0 unspecified atom stereocenters. The van der Waals surface area contributed by atoms with Crippen LogP contribution in [0.25, 0.3) is 0 Å². The van der Waals surface area contributed by atoms with Gasteiger partial charge < -0.3 is 59.8 Å². The lowest BCUT2D eigenvalue weighted by Gasteiger charge is -2.38. The minimum absolute atomic E-state index is 0.0533. The number of hydrogen-bond acceptors (Lipinski definition) is 14. The minimum atomic E-state index is -4.11. The van der Waals surface area contributed by atoms with Gasteiger partial charge in [0.05, 0.1) is 9.79 Å². The van der Waals surface area contributed by atoms with Crippen LogP contribution in [-0.2, 0) is 28.9 Å². The molecule has 2 aromatic rings. The molecular formula is C24H26O16S. The quantitative estimate of drug-likeness (QED) is 0.150. The van der Waals surface area contributed by atoms with Gasteiger partial charge in [-0.05, 0) is 48.5 Å². The van der Waals surface area contributed by atoms with E-state index in [1.807, 2.05) is 0 Å². The zero-order valence-corrected chi connectivity index (χ0v) is 21.5. The Hall–Kier alpha value is -3.39. The summed E-state index contributed by atoms with van der Waals surface area (Å²) in [5.74, 6) is -3.30. The molecule has 224 valence electrons. The summed E-state index contributed by atoms with van der Waals surface area (Å²) >= 11 is 0. The van der Waals surface area contributed by atoms with Gasteiger partial charge >= 0.3 is 11.9 Å². The van der Waals surface area contributed by atoms with Gasteiger partial charge in [-0.3, -0.25) is 0 Å². The summed E-state index contributed by atoms with van der Waals surface area (Å²) in [6.07, 6.45) is -18.4. The number of rotatable bonds is 8. The molecule has 0 radical (unpaired) electrons. The summed E-state index contributed by atoms with van der Waals surface area (Å²) in [5.41, 5.74) is 0. The van der Waals surface area contributed by atoms with Crippen molar-refractivity contribution in [2.45, 2.75) is 71.2 Å². The number of hydrogen-bond donors (Lipinski definition) is 8. The van der Waals surface area contributed by atoms with Gasteiger partial charge in [0, 0.05) is 0 Å². The molecule has 2 heterocycles. The van der Waals surface area contributed by atoms with Crippen molar-refractivity contribution in [1.82, 2.24) is 0 Å². The van der Waals surface area contributed by atoms with Crippen LogP contribution in [0.2, 0.25) is 0 Å². The Morgan fingerprint density at radius 3 is 1.17 bits per heavy atom. The van der Waals surface area contributed by atoms with Crippen molar-refractivity contribution in [3.63, 3.8) is 0 Å². The van der Waals surface area contributed by atoms with Crippen molar-refractivity contribution in [3.05, 3.63) is 48.5 Å². The minimum Gasteiger partial charge on any atom is -0.479 e. The number of ether oxygens (including phenoxy) is 4. The normalized spacial score (nSPS) is 34.0. The molecule has 16 nitrogen and oxygen atoms in total. The largest absolute Gasteiger partial charge is 0.479 e. The van der Waals surface area contributed by atoms with E-state index in [0.29, 0.717) is 0 Å². The average Bonchev–Trinajstić information content (AvgIpc) is 2.93. The second-order valence-electron chi connectivity index (χ2n) is 9.15. The molecule has 0 aromatic heterocycles. The van der Waals surface area contributed by atoms with Crippen molar-refractivity contribution in [3.8, 4) is 11.5 Å². The van der Waals surface area contributed by atoms with Gasteiger partial charge in [0.25, 0.3) is 0 Å². The maximum absolute atomic E-state index is 13.1. The second kappa shape index (κ2) is 11.8. The molecule has 2 saturated heterocycles. The third-order valence-electron chi connectivity index (χ3n) is 6.40. The van der Waals surface area contributed by atoms with E-state index in [9.17, 15) is 48.6 Å². The van der Waals surface area contributed by atoms with E-state index in [2.05, 4.69) is 0 Å². The van der Waals surface area contributed by atoms with Gasteiger partial charge in [-0.15, -0.1) is 0 Å². The van der Waals surface area contributed by atoms with Gasteiger partial charge in [-0.2, -0.15) is 0 Å². The standard InChI is InChI=1S/C24H26O16S/c25-13-15(27)19(21(31)32)39-23(17(13)29)37-9-1-5-11(6-2-9)41(35,36)12-7-3-10(4-8-12)38-24-18(30)14(26)16(28)20(40-24)22(33)34/h1-8,13-20,23-30H,(H,31,32)(H,33,34)/t13-,14-,15-,16-,17+,18+,19-,20-,23+,24+/m0/s1. The number of aliphatic hydroxyl groups is 6. The number of carboxylic acid groups (broad SMARTS) is 2. The number of aliphatic carboxylic acids is 2. The predicted octanol–water partition coefficient (Wildman–Crippen LogP) is -2.94. The monoisotopic (exact) mass is 602 g/mol. The first-order valence-electron chi connectivity index (χ1n) is 11.9. The van der Waals surface area contributed by atoms with E-state index >= 15 is 0 Å². The van der Waals surface area contributed by atoms with Crippen LogP contribution >= 0.6 is 0 Å². The molecule has 0 bridgehead atoms. The molecule has 0 amide bonds. The molecule has 0 aliphatic carbocycles. The number of benzene rings is 2. The van der Waals surface area contributed by atoms with Crippen LogP contribution in [-0.4, -0.2) is 123 Å².